The van der Waals surface area contributed by atoms with E-state index in [9.17, 15) is 19.1 Å². The zero-order valence-electron chi connectivity index (χ0n) is 16.2. The van der Waals surface area contributed by atoms with Gasteiger partial charge in [0.1, 0.15) is 17.3 Å². The molecule has 0 amide bonds. The molecule has 2 aromatic carbocycles. The number of aryl methyl sites for hydroxylation is 2. The number of carbonyl (C=O) groups is 1. The second-order valence-corrected chi connectivity index (χ2v) is 7.71. The van der Waals surface area contributed by atoms with Gasteiger partial charge in [-0.05, 0) is 43.2 Å². The molecule has 2 heterocycles. The van der Waals surface area contributed by atoms with Gasteiger partial charge in [-0.2, -0.15) is 0 Å². The molecule has 0 aliphatic carbocycles. The normalized spacial score (nSPS) is 15.6. The van der Waals surface area contributed by atoms with E-state index in [1.165, 1.54) is 18.2 Å². The van der Waals surface area contributed by atoms with Gasteiger partial charge in [0.15, 0.2) is 0 Å². The van der Waals surface area contributed by atoms with Gasteiger partial charge in [0, 0.05) is 34.8 Å². The standard InChI is InChI=1S/C23H19ClFNO4/c1-13-11-19-22(23(29)26(13)10-9-14-5-7-15(27)8-6-14)16(12-20(28)30-19)21-17(24)3-2-4-18(21)25/h2-8,11,16,27H,9-10,12H2,1H3. The Morgan fingerprint density at radius 2 is 1.90 bits per heavy atom. The fourth-order valence-electron chi connectivity index (χ4n) is 3.87. The molecule has 0 saturated carbocycles. The van der Waals surface area contributed by atoms with Crippen molar-refractivity contribution in [2.24, 2.45) is 0 Å². The molecular weight excluding hydrogens is 409 g/mol. The number of aromatic hydroxyl groups is 1. The molecule has 0 bridgehead atoms. The lowest BCUT2D eigenvalue weighted by atomic mass is 9.86. The Morgan fingerprint density at radius 1 is 1.17 bits per heavy atom. The predicted octanol–water partition coefficient (Wildman–Crippen LogP) is 4.34. The number of hydrogen-bond acceptors (Lipinski definition) is 4. The molecule has 1 atom stereocenters. The van der Waals surface area contributed by atoms with Crippen LogP contribution in [0.15, 0.2) is 53.3 Å². The molecule has 5 nitrogen and oxygen atoms in total. The van der Waals surface area contributed by atoms with Crippen molar-refractivity contribution in [3.05, 3.63) is 92.1 Å². The summed E-state index contributed by atoms with van der Waals surface area (Å²) in [4.78, 5) is 25.5. The van der Waals surface area contributed by atoms with Crippen molar-refractivity contribution in [1.82, 2.24) is 4.57 Å². The fourth-order valence-corrected chi connectivity index (χ4v) is 4.16. The van der Waals surface area contributed by atoms with E-state index in [1.54, 1.807) is 41.8 Å². The van der Waals surface area contributed by atoms with E-state index < -0.39 is 17.7 Å². The van der Waals surface area contributed by atoms with Crippen LogP contribution in [0.2, 0.25) is 5.02 Å². The first-order valence-corrected chi connectivity index (χ1v) is 9.89. The lowest BCUT2D eigenvalue weighted by molar-refractivity contribution is -0.135. The summed E-state index contributed by atoms with van der Waals surface area (Å²) >= 11 is 6.23. The first-order chi connectivity index (χ1) is 14.3. The average Bonchev–Trinajstić information content (AvgIpc) is 2.68. The summed E-state index contributed by atoms with van der Waals surface area (Å²) in [6.07, 6.45) is 0.397. The molecule has 1 aliphatic heterocycles. The van der Waals surface area contributed by atoms with Crippen LogP contribution >= 0.6 is 11.6 Å². The number of aromatic nitrogens is 1. The number of phenols is 1. The summed E-state index contributed by atoms with van der Waals surface area (Å²) in [5, 5.41) is 9.59. The number of halogens is 2. The van der Waals surface area contributed by atoms with Crippen LogP contribution in [0, 0.1) is 12.7 Å². The molecule has 30 heavy (non-hydrogen) atoms. The number of pyridine rings is 1. The van der Waals surface area contributed by atoms with Crippen LogP contribution in [-0.4, -0.2) is 15.6 Å². The molecule has 0 spiro atoms. The first-order valence-electron chi connectivity index (χ1n) is 9.52. The third-order valence-electron chi connectivity index (χ3n) is 5.36. The topological polar surface area (TPSA) is 68.5 Å². The Hall–Kier alpha value is -3.12. The van der Waals surface area contributed by atoms with E-state index in [0.717, 1.165) is 5.56 Å². The number of ether oxygens (including phenoxy) is 1. The van der Waals surface area contributed by atoms with Gasteiger partial charge < -0.3 is 14.4 Å². The Balaban J connectivity index is 1.78. The summed E-state index contributed by atoms with van der Waals surface area (Å²) < 4.78 is 21.5. The number of rotatable bonds is 4. The molecule has 0 saturated heterocycles. The second kappa shape index (κ2) is 7.95. The molecular formula is C23H19ClFNO4. The number of esters is 1. The highest BCUT2D eigenvalue weighted by molar-refractivity contribution is 6.31. The number of phenolic OH excluding ortho intramolecular Hbond substituents is 1. The highest BCUT2D eigenvalue weighted by atomic mass is 35.5. The summed E-state index contributed by atoms with van der Waals surface area (Å²) in [5.74, 6) is -1.59. The fraction of sp³-hybridized carbons (Fsp3) is 0.217. The quantitative estimate of drug-likeness (QED) is 0.629. The van der Waals surface area contributed by atoms with E-state index in [4.69, 9.17) is 16.3 Å². The lowest BCUT2D eigenvalue weighted by Crippen LogP contribution is -2.34. The van der Waals surface area contributed by atoms with Crippen LogP contribution in [0.25, 0.3) is 0 Å². The van der Waals surface area contributed by atoms with Crippen molar-refractivity contribution in [2.75, 3.05) is 0 Å². The van der Waals surface area contributed by atoms with Crippen molar-refractivity contribution >= 4 is 17.6 Å². The van der Waals surface area contributed by atoms with Crippen molar-refractivity contribution in [1.29, 1.82) is 0 Å². The molecule has 7 heteroatoms. The maximum Gasteiger partial charge on any atom is 0.312 e. The van der Waals surface area contributed by atoms with Crippen LogP contribution in [0.3, 0.4) is 0 Å². The molecule has 3 aromatic rings. The van der Waals surface area contributed by atoms with Gasteiger partial charge in [-0.15, -0.1) is 0 Å². The summed E-state index contributed by atoms with van der Waals surface area (Å²) in [6.45, 7) is 2.14. The lowest BCUT2D eigenvalue weighted by Gasteiger charge is -2.27. The highest BCUT2D eigenvalue weighted by Gasteiger charge is 2.35. The van der Waals surface area contributed by atoms with Crippen LogP contribution < -0.4 is 10.3 Å². The van der Waals surface area contributed by atoms with Crippen molar-refractivity contribution in [3.8, 4) is 11.5 Å². The number of carbonyl (C=O) groups excluding carboxylic acids is 1. The van der Waals surface area contributed by atoms with Crippen molar-refractivity contribution in [3.63, 3.8) is 0 Å². The van der Waals surface area contributed by atoms with Gasteiger partial charge in [0.2, 0.25) is 0 Å². The smallest absolute Gasteiger partial charge is 0.312 e. The Labute approximate surface area is 177 Å². The third kappa shape index (κ3) is 3.71. The van der Waals surface area contributed by atoms with Crippen LogP contribution in [-0.2, 0) is 17.8 Å². The maximum absolute atomic E-state index is 14.6. The van der Waals surface area contributed by atoms with E-state index in [2.05, 4.69) is 0 Å². The minimum atomic E-state index is -0.817. The molecule has 0 fully saturated rings. The second-order valence-electron chi connectivity index (χ2n) is 7.30. The van der Waals surface area contributed by atoms with Crippen molar-refractivity contribution < 1.29 is 19.0 Å². The Morgan fingerprint density at radius 3 is 2.60 bits per heavy atom. The van der Waals surface area contributed by atoms with Crippen LogP contribution in [0.5, 0.6) is 11.5 Å². The largest absolute Gasteiger partial charge is 0.508 e. The molecule has 1 aromatic heterocycles. The molecule has 4 rings (SSSR count). The van der Waals surface area contributed by atoms with Crippen LogP contribution in [0.4, 0.5) is 4.39 Å². The van der Waals surface area contributed by atoms with Crippen LogP contribution in [0.1, 0.15) is 34.7 Å². The molecule has 1 aliphatic rings. The Kier molecular flexibility index (Phi) is 5.35. The molecule has 1 unspecified atom stereocenters. The summed E-state index contributed by atoms with van der Waals surface area (Å²) in [6, 6.07) is 12.7. The van der Waals surface area contributed by atoms with E-state index >= 15 is 0 Å². The van der Waals surface area contributed by atoms with Crippen molar-refractivity contribution in [2.45, 2.75) is 32.2 Å². The summed E-state index contributed by atoms with van der Waals surface area (Å²) in [7, 11) is 0. The molecule has 154 valence electrons. The number of fused-ring (bicyclic) bond motifs is 1. The Bertz CT molecular complexity index is 1170. The SMILES string of the molecule is Cc1cc2c(c(=O)n1CCc1ccc(O)cc1)C(c1c(F)cccc1Cl)CC(=O)O2. The van der Waals surface area contributed by atoms with Gasteiger partial charge in [-0.25, -0.2) is 4.39 Å². The highest BCUT2D eigenvalue weighted by Crippen LogP contribution is 2.40. The predicted molar refractivity (Wildman–Crippen MR) is 111 cm³/mol. The average molecular weight is 428 g/mol. The monoisotopic (exact) mass is 427 g/mol. The zero-order valence-corrected chi connectivity index (χ0v) is 16.9. The van der Waals surface area contributed by atoms with E-state index in [-0.39, 0.29) is 39.6 Å². The van der Waals surface area contributed by atoms with Gasteiger partial charge >= 0.3 is 5.97 Å². The maximum atomic E-state index is 14.6. The van der Waals surface area contributed by atoms with E-state index in [1.807, 2.05) is 0 Å². The van der Waals surface area contributed by atoms with Gasteiger partial charge in [0.05, 0.1) is 12.0 Å². The number of nitrogens with zero attached hydrogens (tertiary/aromatic N) is 1. The van der Waals surface area contributed by atoms with Gasteiger partial charge in [-0.1, -0.05) is 29.8 Å². The van der Waals surface area contributed by atoms with Gasteiger partial charge in [0.25, 0.3) is 5.56 Å². The molecule has 0 radical (unpaired) electrons. The first kappa shape index (κ1) is 20.2. The zero-order chi connectivity index (χ0) is 21.4. The number of hydrogen-bond donors (Lipinski definition) is 1. The minimum absolute atomic E-state index is 0.128. The minimum Gasteiger partial charge on any atom is -0.508 e. The number of benzene rings is 2. The third-order valence-corrected chi connectivity index (χ3v) is 5.69. The van der Waals surface area contributed by atoms with E-state index in [0.29, 0.717) is 18.7 Å². The summed E-state index contributed by atoms with van der Waals surface area (Å²) in [5.41, 5.74) is 1.61. The van der Waals surface area contributed by atoms with Gasteiger partial charge in [-0.3, -0.25) is 9.59 Å². The molecule has 1 N–H and O–H groups in total.